The van der Waals surface area contributed by atoms with Crippen molar-refractivity contribution in [2.24, 2.45) is 0 Å². The molecule has 9 nitrogen and oxygen atoms in total. The average Bonchev–Trinajstić information content (AvgIpc) is 3.46. The molecule has 0 spiro atoms. The van der Waals surface area contributed by atoms with Crippen molar-refractivity contribution in [1.29, 1.82) is 0 Å². The van der Waals surface area contributed by atoms with Gasteiger partial charge in [-0.05, 0) is 90.1 Å². The van der Waals surface area contributed by atoms with E-state index in [1.54, 1.807) is 26.6 Å². The van der Waals surface area contributed by atoms with Crippen LogP contribution >= 0.6 is 0 Å². The summed E-state index contributed by atoms with van der Waals surface area (Å²) in [4.78, 5) is 29.8. The number of methoxy groups -OCH3 is 1. The first-order chi connectivity index (χ1) is 20.8. The first-order valence-corrected chi connectivity index (χ1v) is 15.1. The summed E-state index contributed by atoms with van der Waals surface area (Å²) in [6.07, 6.45) is 4.76. The Labute approximate surface area is 257 Å². The quantitative estimate of drug-likeness (QED) is 0.324. The van der Waals surface area contributed by atoms with Crippen LogP contribution in [0.15, 0.2) is 42.6 Å². The van der Waals surface area contributed by atoms with Crippen LogP contribution in [0.1, 0.15) is 88.3 Å². The molecule has 3 aromatic rings. The van der Waals surface area contributed by atoms with Gasteiger partial charge in [0.2, 0.25) is 0 Å². The van der Waals surface area contributed by atoms with Crippen LogP contribution in [0.2, 0.25) is 0 Å². The molecule has 1 aromatic heterocycles. The Balaban J connectivity index is 1.30. The summed E-state index contributed by atoms with van der Waals surface area (Å²) in [5.41, 5.74) is 0.203. The molecule has 2 unspecified atom stereocenters. The molecule has 2 fully saturated rings. The van der Waals surface area contributed by atoms with Crippen molar-refractivity contribution in [2.75, 3.05) is 26.7 Å². The summed E-state index contributed by atoms with van der Waals surface area (Å²) in [6, 6.07) is 8.40. The zero-order valence-electron chi connectivity index (χ0n) is 26.3. The van der Waals surface area contributed by atoms with Crippen LogP contribution in [-0.2, 0) is 4.74 Å². The topological polar surface area (TPSA) is 89.8 Å². The molecule has 5 rings (SSSR count). The maximum absolute atomic E-state index is 15.4. The Morgan fingerprint density at radius 2 is 1.80 bits per heavy atom. The lowest BCUT2D eigenvalue weighted by Gasteiger charge is -2.45. The van der Waals surface area contributed by atoms with Crippen LogP contribution in [0.4, 0.5) is 13.6 Å². The highest BCUT2D eigenvalue weighted by atomic mass is 19.1. The highest BCUT2D eigenvalue weighted by Gasteiger charge is 2.40. The number of amides is 2. The summed E-state index contributed by atoms with van der Waals surface area (Å²) >= 11 is 0. The van der Waals surface area contributed by atoms with Crippen molar-refractivity contribution in [3.05, 3.63) is 65.5 Å². The van der Waals surface area contributed by atoms with E-state index in [4.69, 9.17) is 9.47 Å². The normalized spacial score (nSPS) is 20.4. The fourth-order valence-electron chi connectivity index (χ4n) is 6.00. The first kappa shape index (κ1) is 31.4. The van der Waals surface area contributed by atoms with Gasteiger partial charge in [0.05, 0.1) is 24.4 Å². The number of nitrogens with zero attached hydrogens (tertiary/aromatic N) is 5. The highest BCUT2D eigenvalue weighted by Crippen LogP contribution is 2.36. The van der Waals surface area contributed by atoms with E-state index in [9.17, 15) is 14.0 Å². The smallest absolute Gasteiger partial charge is 0.410 e. The van der Waals surface area contributed by atoms with Crippen LogP contribution < -0.4 is 4.74 Å². The molecule has 2 saturated heterocycles. The number of hydrogen-bond acceptors (Lipinski definition) is 6. The third-order valence-electron chi connectivity index (χ3n) is 8.54. The molecular formula is C33H41F2N5O4. The van der Waals surface area contributed by atoms with E-state index in [2.05, 4.69) is 10.3 Å². The van der Waals surface area contributed by atoms with Crippen molar-refractivity contribution >= 4 is 12.0 Å². The maximum Gasteiger partial charge on any atom is 0.410 e. The summed E-state index contributed by atoms with van der Waals surface area (Å²) in [7, 11) is 1.45. The Bertz CT molecular complexity index is 1530. The zero-order valence-corrected chi connectivity index (χ0v) is 26.3. The third kappa shape index (κ3) is 6.71. The monoisotopic (exact) mass is 609 g/mol. The molecule has 44 heavy (non-hydrogen) atoms. The van der Waals surface area contributed by atoms with Gasteiger partial charge in [0, 0.05) is 48.9 Å². The minimum atomic E-state index is -0.712. The molecule has 0 aliphatic carbocycles. The lowest BCUT2D eigenvalue weighted by molar-refractivity contribution is 0.0196. The van der Waals surface area contributed by atoms with Gasteiger partial charge in [-0.25, -0.2) is 18.3 Å². The maximum atomic E-state index is 15.4. The van der Waals surface area contributed by atoms with E-state index in [-0.39, 0.29) is 29.2 Å². The van der Waals surface area contributed by atoms with Crippen molar-refractivity contribution in [1.82, 2.24) is 24.8 Å². The summed E-state index contributed by atoms with van der Waals surface area (Å²) in [6.45, 7) is 11.0. The fourth-order valence-corrected chi connectivity index (χ4v) is 6.00. The van der Waals surface area contributed by atoms with Gasteiger partial charge in [0.15, 0.2) is 0 Å². The number of carbonyl (C=O) groups excluding carboxylic acids is 2. The zero-order chi connectivity index (χ0) is 31.8. The van der Waals surface area contributed by atoms with Crippen LogP contribution in [0, 0.1) is 11.6 Å². The van der Waals surface area contributed by atoms with Gasteiger partial charge in [-0.15, -0.1) is 5.10 Å². The minimum Gasteiger partial charge on any atom is -0.497 e. The summed E-state index contributed by atoms with van der Waals surface area (Å²) < 4.78 is 42.5. The summed E-state index contributed by atoms with van der Waals surface area (Å²) in [5.74, 6) is -1.29. The van der Waals surface area contributed by atoms with Crippen molar-refractivity contribution < 1.29 is 27.8 Å². The van der Waals surface area contributed by atoms with Crippen LogP contribution in [-0.4, -0.2) is 74.7 Å². The number of hydrogen-bond donors (Lipinski definition) is 0. The van der Waals surface area contributed by atoms with Crippen LogP contribution in [0.5, 0.6) is 5.75 Å². The number of piperidine rings is 2. The predicted octanol–water partition coefficient (Wildman–Crippen LogP) is 6.60. The predicted molar refractivity (Wildman–Crippen MR) is 162 cm³/mol. The van der Waals surface area contributed by atoms with Gasteiger partial charge in [0.1, 0.15) is 23.0 Å². The largest absolute Gasteiger partial charge is 0.497 e. The molecule has 2 aliphatic heterocycles. The first-order valence-electron chi connectivity index (χ1n) is 15.1. The number of benzene rings is 2. The molecule has 2 atom stereocenters. The second kappa shape index (κ2) is 12.2. The van der Waals surface area contributed by atoms with Crippen LogP contribution in [0.25, 0.3) is 11.1 Å². The van der Waals surface area contributed by atoms with Gasteiger partial charge in [-0.1, -0.05) is 11.3 Å². The van der Waals surface area contributed by atoms with E-state index < -0.39 is 28.7 Å². The number of aromatic nitrogens is 3. The minimum absolute atomic E-state index is 0.0333. The fraction of sp³-hybridized carbons (Fsp3) is 0.515. The molecule has 0 saturated carbocycles. The van der Waals surface area contributed by atoms with E-state index >= 15 is 4.39 Å². The lowest BCUT2D eigenvalue weighted by Crippen LogP contribution is -2.53. The van der Waals surface area contributed by atoms with Gasteiger partial charge < -0.3 is 19.3 Å². The Hall–Kier alpha value is -4.02. The summed E-state index contributed by atoms with van der Waals surface area (Å²) in [5, 5.41) is 8.87. The number of likely N-dealkylation sites (tertiary alicyclic amines) is 2. The van der Waals surface area contributed by atoms with E-state index in [0.717, 1.165) is 25.0 Å². The van der Waals surface area contributed by atoms with Gasteiger partial charge in [-0.2, -0.15) is 0 Å². The third-order valence-corrected chi connectivity index (χ3v) is 8.54. The van der Waals surface area contributed by atoms with Crippen molar-refractivity contribution in [3.8, 4) is 16.9 Å². The number of ether oxygens (including phenoxy) is 2. The van der Waals surface area contributed by atoms with E-state index in [1.807, 2.05) is 40.8 Å². The molecule has 2 amide bonds. The van der Waals surface area contributed by atoms with Crippen molar-refractivity contribution in [3.63, 3.8) is 0 Å². The Morgan fingerprint density at radius 3 is 2.48 bits per heavy atom. The molecule has 236 valence electrons. The Kier molecular flexibility index (Phi) is 8.68. The number of rotatable bonds is 5. The molecule has 3 heterocycles. The SMILES string of the molecule is COc1ccc(-c2ccc(C(=O)N3CC(n4cc(C5CCCN(C(=O)OC(C)(C)C)C5)nn4)CCC3(C)C)c(F)c2)c(F)c1. The standard InChI is InChI=1S/C33H41F2N5O4/c1-32(2,3)44-31(42)38-15-7-8-22(18-38)29-20-40(37-36-29)23-13-14-33(4,5)39(19-23)30(41)26-11-9-21(16-27(26)34)25-12-10-24(43-6)17-28(25)35/h9-12,16-17,20,22-23H,7-8,13-15,18-19H2,1-6H3. The second-order valence-electron chi connectivity index (χ2n) is 13.4. The highest BCUT2D eigenvalue weighted by molar-refractivity contribution is 5.95. The molecule has 0 bridgehead atoms. The van der Waals surface area contributed by atoms with E-state index in [1.165, 1.54) is 31.4 Å². The van der Waals surface area contributed by atoms with Crippen molar-refractivity contribution in [2.45, 2.75) is 83.4 Å². The number of halogens is 2. The molecule has 0 N–H and O–H groups in total. The molecular weight excluding hydrogens is 568 g/mol. The number of carbonyl (C=O) groups is 2. The van der Waals surface area contributed by atoms with Gasteiger partial charge in [-0.3, -0.25) is 4.79 Å². The molecule has 2 aromatic carbocycles. The second-order valence-corrected chi connectivity index (χ2v) is 13.4. The average molecular weight is 610 g/mol. The Morgan fingerprint density at radius 1 is 1.02 bits per heavy atom. The van der Waals surface area contributed by atoms with E-state index in [0.29, 0.717) is 37.4 Å². The molecule has 11 heteroatoms. The van der Waals surface area contributed by atoms with Gasteiger partial charge >= 0.3 is 6.09 Å². The molecule has 2 aliphatic rings. The lowest BCUT2D eigenvalue weighted by atomic mass is 9.87. The van der Waals surface area contributed by atoms with Gasteiger partial charge in [0.25, 0.3) is 5.91 Å². The van der Waals surface area contributed by atoms with Crippen LogP contribution in [0.3, 0.4) is 0 Å². The molecule has 0 radical (unpaired) electrons.